The van der Waals surface area contributed by atoms with Gasteiger partial charge < -0.3 is 10.1 Å². The van der Waals surface area contributed by atoms with Gasteiger partial charge in [-0.3, -0.25) is 9.59 Å². The maximum absolute atomic E-state index is 12.3. The molecule has 2 aromatic carbocycles. The molecule has 0 heterocycles. The second kappa shape index (κ2) is 9.30. The van der Waals surface area contributed by atoms with E-state index in [0.717, 1.165) is 18.6 Å². The zero-order chi connectivity index (χ0) is 17.2. The molecule has 0 aliphatic heterocycles. The van der Waals surface area contributed by atoms with Crippen LogP contribution in [-0.2, 0) is 4.79 Å². The SMILES string of the molecule is C=CC(=O)NCCCCOc1ccc(C(=O)c2ccccc2)cc1. The smallest absolute Gasteiger partial charge is 0.243 e. The van der Waals surface area contributed by atoms with E-state index in [0.29, 0.717) is 24.3 Å². The van der Waals surface area contributed by atoms with Gasteiger partial charge in [0.2, 0.25) is 5.91 Å². The van der Waals surface area contributed by atoms with Crippen molar-refractivity contribution in [1.82, 2.24) is 5.32 Å². The first-order chi connectivity index (χ1) is 11.7. The normalized spacial score (nSPS) is 10.0. The van der Waals surface area contributed by atoms with Gasteiger partial charge in [0.05, 0.1) is 6.61 Å². The highest BCUT2D eigenvalue weighted by Crippen LogP contribution is 2.15. The van der Waals surface area contributed by atoms with Crippen LogP contribution in [0, 0.1) is 0 Å². The first-order valence-electron chi connectivity index (χ1n) is 7.93. The summed E-state index contributed by atoms with van der Waals surface area (Å²) in [7, 11) is 0. The molecule has 0 radical (unpaired) electrons. The van der Waals surface area contributed by atoms with Crippen molar-refractivity contribution >= 4 is 11.7 Å². The lowest BCUT2D eigenvalue weighted by Crippen LogP contribution is -2.22. The maximum atomic E-state index is 12.3. The minimum absolute atomic E-state index is 0.000102. The lowest BCUT2D eigenvalue weighted by atomic mass is 10.0. The van der Waals surface area contributed by atoms with E-state index in [-0.39, 0.29) is 11.7 Å². The number of hydrogen-bond acceptors (Lipinski definition) is 3. The predicted octanol–water partition coefficient (Wildman–Crippen LogP) is 3.38. The van der Waals surface area contributed by atoms with Crippen LogP contribution in [0.2, 0.25) is 0 Å². The van der Waals surface area contributed by atoms with E-state index in [4.69, 9.17) is 4.74 Å². The molecule has 2 rings (SSSR count). The number of rotatable bonds is 9. The van der Waals surface area contributed by atoms with E-state index in [1.54, 1.807) is 36.4 Å². The second-order valence-electron chi connectivity index (χ2n) is 5.27. The van der Waals surface area contributed by atoms with E-state index < -0.39 is 0 Å². The van der Waals surface area contributed by atoms with Gasteiger partial charge in [0, 0.05) is 17.7 Å². The number of unbranched alkanes of at least 4 members (excludes halogenated alkanes) is 1. The lowest BCUT2D eigenvalue weighted by Gasteiger charge is -2.07. The van der Waals surface area contributed by atoms with Crippen LogP contribution in [0.25, 0.3) is 0 Å². The number of ether oxygens (including phenoxy) is 1. The first kappa shape index (κ1) is 17.5. The van der Waals surface area contributed by atoms with Crippen LogP contribution in [-0.4, -0.2) is 24.8 Å². The number of ketones is 1. The second-order valence-corrected chi connectivity index (χ2v) is 5.27. The minimum Gasteiger partial charge on any atom is -0.494 e. The number of hydrogen-bond donors (Lipinski definition) is 1. The largest absolute Gasteiger partial charge is 0.494 e. The van der Waals surface area contributed by atoms with Crippen LogP contribution in [0.3, 0.4) is 0 Å². The Balaban J connectivity index is 1.75. The molecule has 0 aliphatic carbocycles. The molecule has 4 nitrogen and oxygen atoms in total. The third-order valence-corrected chi connectivity index (χ3v) is 3.48. The molecular formula is C20H21NO3. The van der Waals surface area contributed by atoms with Crippen LogP contribution >= 0.6 is 0 Å². The van der Waals surface area contributed by atoms with Crippen molar-refractivity contribution in [3.8, 4) is 5.75 Å². The molecule has 0 aliphatic rings. The van der Waals surface area contributed by atoms with Crippen molar-refractivity contribution in [3.63, 3.8) is 0 Å². The quantitative estimate of drug-likeness (QED) is 0.437. The molecule has 0 saturated heterocycles. The summed E-state index contributed by atoms with van der Waals surface area (Å²) in [4.78, 5) is 23.3. The highest BCUT2D eigenvalue weighted by Gasteiger charge is 2.08. The summed E-state index contributed by atoms with van der Waals surface area (Å²) in [6.45, 7) is 4.57. The van der Waals surface area contributed by atoms with Gasteiger partial charge >= 0.3 is 0 Å². The molecule has 124 valence electrons. The summed E-state index contributed by atoms with van der Waals surface area (Å²) >= 11 is 0. The Labute approximate surface area is 142 Å². The predicted molar refractivity (Wildman–Crippen MR) is 94.3 cm³/mol. The highest BCUT2D eigenvalue weighted by molar-refractivity contribution is 6.08. The number of carbonyl (C=O) groups is 2. The fraction of sp³-hybridized carbons (Fsp3) is 0.200. The number of benzene rings is 2. The zero-order valence-electron chi connectivity index (χ0n) is 13.5. The summed E-state index contributed by atoms with van der Waals surface area (Å²) in [5, 5.41) is 2.72. The van der Waals surface area contributed by atoms with Crippen molar-refractivity contribution in [1.29, 1.82) is 0 Å². The third-order valence-electron chi connectivity index (χ3n) is 3.48. The van der Waals surface area contributed by atoms with Gasteiger partial charge in [0.15, 0.2) is 5.78 Å². The van der Waals surface area contributed by atoms with E-state index >= 15 is 0 Å². The zero-order valence-corrected chi connectivity index (χ0v) is 13.5. The molecule has 0 bridgehead atoms. The van der Waals surface area contributed by atoms with Crippen LogP contribution in [0.1, 0.15) is 28.8 Å². The average molecular weight is 323 g/mol. The molecule has 1 amide bonds. The van der Waals surface area contributed by atoms with Crippen molar-refractivity contribution in [2.45, 2.75) is 12.8 Å². The summed E-state index contributed by atoms with van der Waals surface area (Å²) < 4.78 is 5.64. The molecule has 0 fully saturated rings. The molecule has 0 atom stereocenters. The standard InChI is InChI=1S/C20H21NO3/c1-2-19(22)21-14-6-7-15-24-18-12-10-17(11-13-18)20(23)16-8-4-3-5-9-16/h2-5,8-13H,1,6-7,14-15H2,(H,21,22). The van der Waals surface area contributed by atoms with Crippen molar-refractivity contribution in [2.24, 2.45) is 0 Å². The van der Waals surface area contributed by atoms with E-state index in [9.17, 15) is 9.59 Å². The Hall–Kier alpha value is -2.88. The molecule has 2 aromatic rings. The van der Waals surface area contributed by atoms with Crippen molar-refractivity contribution in [3.05, 3.63) is 78.4 Å². The molecule has 1 N–H and O–H groups in total. The van der Waals surface area contributed by atoms with Gasteiger partial charge in [-0.2, -0.15) is 0 Å². The Kier molecular flexibility index (Phi) is 6.77. The molecule has 0 saturated carbocycles. The fourth-order valence-electron chi connectivity index (χ4n) is 2.16. The van der Waals surface area contributed by atoms with E-state index in [2.05, 4.69) is 11.9 Å². The van der Waals surface area contributed by atoms with Gasteiger partial charge in [-0.15, -0.1) is 0 Å². The van der Waals surface area contributed by atoms with E-state index in [1.807, 2.05) is 18.2 Å². The van der Waals surface area contributed by atoms with Gasteiger partial charge in [-0.25, -0.2) is 0 Å². The Morgan fingerprint density at radius 2 is 1.62 bits per heavy atom. The highest BCUT2D eigenvalue weighted by atomic mass is 16.5. The van der Waals surface area contributed by atoms with Gasteiger partial charge in [0.1, 0.15) is 5.75 Å². The molecule has 0 unspecified atom stereocenters. The number of carbonyl (C=O) groups excluding carboxylic acids is 2. The molecule has 4 heteroatoms. The van der Waals surface area contributed by atoms with Crippen LogP contribution < -0.4 is 10.1 Å². The molecular weight excluding hydrogens is 302 g/mol. The molecule has 0 aromatic heterocycles. The molecule has 0 spiro atoms. The fourth-order valence-corrected chi connectivity index (χ4v) is 2.16. The lowest BCUT2D eigenvalue weighted by molar-refractivity contribution is -0.116. The van der Waals surface area contributed by atoms with Crippen molar-refractivity contribution < 1.29 is 14.3 Å². The summed E-state index contributed by atoms with van der Waals surface area (Å²) in [6.07, 6.45) is 2.93. The maximum Gasteiger partial charge on any atom is 0.243 e. The van der Waals surface area contributed by atoms with E-state index in [1.165, 1.54) is 6.08 Å². The monoisotopic (exact) mass is 323 g/mol. The van der Waals surface area contributed by atoms with Gasteiger partial charge in [0.25, 0.3) is 0 Å². The topological polar surface area (TPSA) is 55.4 Å². The summed E-state index contributed by atoms with van der Waals surface area (Å²) in [5.74, 6) is 0.574. The summed E-state index contributed by atoms with van der Waals surface area (Å²) in [5.41, 5.74) is 1.31. The van der Waals surface area contributed by atoms with Crippen LogP contribution in [0.4, 0.5) is 0 Å². The Morgan fingerprint density at radius 3 is 2.29 bits per heavy atom. The number of nitrogens with one attached hydrogen (secondary N) is 1. The summed E-state index contributed by atoms with van der Waals surface area (Å²) in [6, 6.07) is 16.3. The Bertz CT molecular complexity index is 678. The average Bonchev–Trinajstić information content (AvgIpc) is 2.65. The van der Waals surface area contributed by atoms with Crippen LogP contribution in [0.15, 0.2) is 67.3 Å². The van der Waals surface area contributed by atoms with Gasteiger partial charge in [-0.1, -0.05) is 36.9 Å². The Morgan fingerprint density at radius 1 is 0.958 bits per heavy atom. The molecule has 24 heavy (non-hydrogen) atoms. The first-order valence-corrected chi connectivity index (χ1v) is 7.93. The van der Waals surface area contributed by atoms with Gasteiger partial charge in [-0.05, 0) is 43.2 Å². The third kappa shape index (κ3) is 5.39. The minimum atomic E-state index is -0.158. The number of amides is 1. The van der Waals surface area contributed by atoms with Crippen LogP contribution in [0.5, 0.6) is 5.75 Å². The van der Waals surface area contributed by atoms with Crippen molar-refractivity contribution in [2.75, 3.05) is 13.2 Å².